The zero-order valence-electron chi connectivity index (χ0n) is 27.0. The van der Waals surface area contributed by atoms with Gasteiger partial charge in [-0.1, -0.05) is 0 Å². The molecule has 0 bridgehead atoms. The summed E-state index contributed by atoms with van der Waals surface area (Å²) in [4.78, 5) is 0. The van der Waals surface area contributed by atoms with E-state index in [0.29, 0.717) is 22.4 Å². The molecule has 4 aromatic carbocycles. The molecule has 6 rings (SSSR count). The Balaban J connectivity index is 1.89. The van der Waals surface area contributed by atoms with Gasteiger partial charge in [0, 0.05) is 0 Å². The third-order valence-electron chi connectivity index (χ3n) is 9.32. The molecule has 2 aliphatic rings. The van der Waals surface area contributed by atoms with Gasteiger partial charge < -0.3 is 0 Å². The number of fused-ring (bicyclic) bond motifs is 2. The molecule has 1 unspecified atom stereocenters. The molecule has 0 saturated carbocycles. The molecule has 0 aromatic heterocycles. The fraction of sp³-hybridized carbons (Fsp3) is 0.351. The number of alkyl halides is 6. The Morgan fingerprint density at radius 2 is 1.15 bits per heavy atom. The number of hydrogen-bond donors (Lipinski definition) is 0. The van der Waals surface area contributed by atoms with Crippen LogP contribution >= 0.6 is 7.21 Å². The Kier molecular flexibility index (Phi) is 7.90. The molecule has 2 aliphatic heterocycles. The first-order chi connectivity index (χ1) is 22.0. The topological polar surface area (TPSA) is 21.7 Å². The minimum absolute atomic E-state index is 0.0407. The SMILES string of the molecule is CC(C)c1cc(C(C)C)c(P23(OC(c4ccccc4)N2c2ccccc2)OC(C(F)(F)F)(C(F)(F)F)c2ccccc23)c(C(C)C)c1. The molecule has 0 aliphatic carbocycles. The average Bonchev–Trinajstić information content (AvgIpc) is 3.32. The molecule has 0 amide bonds. The third-order valence-corrected chi connectivity index (χ3v) is 14.3. The van der Waals surface area contributed by atoms with E-state index in [1.54, 1.807) is 65.3 Å². The molecule has 47 heavy (non-hydrogen) atoms. The van der Waals surface area contributed by atoms with Gasteiger partial charge in [-0.3, -0.25) is 0 Å². The summed E-state index contributed by atoms with van der Waals surface area (Å²) in [5.74, 6) is -0.575. The molecule has 4 aromatic rings. The van der Waals surface area contributed by atoms with Crippen LogP contribution in [0, 0.1) is 0 Å². The molecule has 1 fully saturated rings. The van der Waals surface area contributed by atoms with E-state index in [0.717, 1.165) is 11.6 Å². The maximum absolute atomic E-state index is 15.5. The van der Waals surface area contributed by atoms with Gasteiger partial charge in [-0.2, -0.15) is 0 Å². The standard InChI is InChI=1S/C37H38F6NO2P/c1-23(2)27-21-29(24(3)4)33(30(22-27)25(5)6)47(32-20-14-13-19-31(32)35(46-47,36(38,39)40)37(41,42)43)44(28-17-11-8-12-18-28)34(45-47)26-15-9-7-10-16-26/h7-25,34H,1-6H3. The molecule has 1 atom stereocenters. The fourth-order valence-corrected chi connectivity index (χ4v) is 13.4. The minimum atomic E-state index is -5.89. The van der Waals surface area contributed by atoms with Gasteiger partial charge in [-0.05, 0) is 0 Å². The van der Waals surface area contributed by atoms with Crippen molar-refractivity contribution in [2.45, 2.75) is 83.5 Å². The molecule has 2 heterocycles. The van der Waals surface area contributed by atoms with Gasteiger partial charge in [0.25, 0.3) is 0 Å². The Morgan fingerprint density at radius 1 is 0.660 bits per heavy atom. The van der Waals surface area contributed by atoms with Crippen LogP contribution in [0.15, 0.2) is 97.1 Å². The van der Waals surface area contributed by atoms with Crippen LogP contribution in [0.2, 0.25) is 0 Å². The quantitative estimate of drug-likeness (QED) is 0.150. The number of hydrogen-bond acceptors (Lipinski definition) is 3. The molecule has 250 valence electrons. The zero-order chi connectivity index (χ0) is 34.2. The van der Waals surface area contributed by atoms with Crippen LogP contribution in [0.1, 0.15) is 93.3 Å². The van der Waals surface area contributed by atoms with Crippen LogP contribution in [0.3, 0.4) is 0 Å². The first-order valence-corrected chi connectivity index (χ1v) is 17.8. The second-order valence-corrected chi connectivity index (χ2v) is 16.8. The van der Waals surface area contributed by atoms with Crippen molar-refractivity contribution in [3.05, 3.63) is 125 Å². The first kappa shape index (κ1) is 33.5. The van der Waals surface area contributed by atoms with Gasteiger partial charge >= 0.3 is 272 Å². The van der Waals surface area contributed by atoms with Gasteiger partial charge in [0.15, 0.2) is 0 Å². The Morgan fingerprint density at radius 3 is 1.64 bits per heavy atom. The van der Waals surface area contributed by atoms with E-state index in [1.807, 2.05) is 53.7 Å². The van der Waals surface area contributed by atoms with E-state index in [4.69, 9.17) is 9.05 Å². The van der Waals surface area contributed by atoms with Crippen LogP contribution in [-0.2, 0) is 14.6 Å². The summed E-state index contributed by atoms with van der Waals surface area (Å²) in [5, 5.41) is 0.0366. The van der Waals surface area contributed by atoms with Crippen LogP contribution in [0.4, 0.5) is 32.0 Å². The van der Waals surface area contributed by atoms with Crippen molar-refractivity contribution in [1.29, 1.82) is 0 Å². The summed E-state index contributed by atoms with van der Waals surface area (Å²) in [6.07, 6.45) is -12.8. The summed E-state index contributed by atoms with van der Waals surface area (Å²) >= 11 is 0. The zero-order valence-corrected chi connectivity index (χ0v) is 27.9. The third kappa shape index (κ3) is 4.53. The van der Waals surface area contributed by atoms with Crippen molar-refractivity contribution in [2.24, 2.45) is 0 Å². The van der Waals surface area contributed by atoms with Crippen LogP contribution in [0.25, 0.3) is 0 Å². The van der Waals surface area contributed by atoms with Crippen molar-refractivity contribution in [1.82, 2.24) is 0 Å². The van der Waals surface area contributed by atoms with Crippen molar-refractivity contribution in [3.8, 4) is 0 Å². The van der Waals surface area contributed by atoms with Gasteiger partial charge in [0.05, 0.1) is 0 Å². The Labute approximate surface area is 271 Å². The summed E-state index contributed by atoms with van der Waals surface area (Å²) in [7, 11) is -5.63. The number of anilines is 1. The second kappa shape index (κ2) is 11.1. The van der Waals surface area contributed by atoms with E-state index in [-0.39, 0.29) is 28.4 Å². The van der Waals surface area contributed by atoms with Crippen molar-refractivity contribution in [2.75, 3.05) is 4.67 Å². The number of halogens is 6. The summed E-state index contributed by atoms with van der Waals surface area (Å²) in [6.45, 7) is 11.6. The maximum atomic E-state index is 15.5. The summed E-state index contributed by atoms with van der Waals surface area (Å²) in [5.41, 5.74) is -2.59. The summed E-state index contributed by atoms with van der Waals surface area (Å²) in [6, 6.07) is 26.1. The van der Waals surface area contributed by atoms with Gasteiger partial charge in [0.1, 0.15) is 0 Å². The molecule has 0 N–H and O–H groups in total. The normalized spacial score (nSPS) is 20.7. The second-order valence-electron chi connectivity index (χ2n) is 13.3. The van der Waals surface area contributed by atoms with Crippen LogP contribution < -0.4 is 15.3 Å². The van der Waals surface area contributed by atoms with Crippen LogP contribution in [-0.4, -0.2) is 12.4 Å². The summed E-state index contributed by atoms with van der Waals surface area (Å²) < 4.78 is 108. The monoisotopic (exact) mass is 673 g/mol. The Hall–Kier alpha value is -3.39. The number of benzene rings is 4. The van der Waals surface area contributed by atoms with Gasteiger partial charge in [-0.25, -0.2) is 0 Å². The molecular formula is C37H38F6NO2P. The van der Waals surface area contributed by atoms with E-state index in [2.05, 4.69) is 0 Å². The Bertz CT molecular complexity index is 1750. The van der Waals surface area contributed by atoms with Gasteiger partial charge in [0.2, 0.25) is 0 Å². The molecule has 1 spiro atoms. The van der Waals surface area contributed by atoms with E-state index in [1.165, 1.54) is 18.2 Å². The molecule has 10 heteroatoms. The number of para-hydroxylation sites is 1. The van der Waals surface area contributed by atoms with Crippen molar-refractivity contribution in [3.63, 3.8) is 0 Å². The van der Waals surface area contributed by atoms with E-state index in [9.17, 15) is 0 Å². The van der Waals surface area contributed by atoms with Crippen molar-refractivity contribution < 1.29 is 35.4 Å². The number of rotatable bonds is 6. The fourth-order valence-electron chi connectivity index (χ4n) is 7.15. The molecule has 3 nitrogen and oxygen atoms in total. The predicted molar refractivity (Wildman–Crippen MR) is 175 cm³/mol. The number of nitrogens with zero attached hydrogens (tertiary/aromatic N) is 1. The first-order valence-electron chi connectivity index (χ1n) is 15.7. The average molecular weight is 674 g/mol. The molecular weight excluding hydrogens is 635 g/mol. The van der Waals surface area contributed by atoms with Crippen LogP contribution in [0.5, 0.6) is 0 Å². The van der Waals surface area contributed by atoms with E-state index >= 15 is 26.3 Å². The predicted octanol–water partition coefficient (Wildman–Crippen LogP) is 10.9. The van der Waals surface area contributed by atoms with Crippen molar-refractivity contribution >= 4 is 23.5 Å². The molecule has 1 saturated heterocycles. The molecule has 0 radical (unpaired) electrons. The van der Waals surface area contributed by atoms with E-state index < -0.39 is 37.0 Å². The van der Waals surface area contributed by atoms with Gasteiger partial charge in [-0.15, -0.1) is 0 Å².